The molecule has 11 heteroatoms. The normalized spacial score (nSPS) is 19.2. The molecule has 0 aromatic carbocycles. The summed E-state index contributed by atoms with van der Waals surface area (Å²) < 4.78 is 17.6. The van der Waals surface area contributed by atoms with E-state index >= 15 is 0 Å². The molecule has 0 radical (unpaired) electrons. The Balaban J connectivity index is 2.67. The molecule has 1 heterocycles. The summed E-state index contributed by atoms with van der Waals surface area (Å²) in [5.74, 6) is -1.21. The quantitative estimate of drug-likeness (QED) is 0.0195. The van der Waals surface area contributed by atoms with Crippen LogP contribution in [-0.4, -0.2) is 99.6 Å². The smallest absolute Gasteiger partial charge is 0.306 e. The van der Waals surface area contributed by atoms with Gasteiger partial charge in [0.2, 0.25) is 5.91 Å². The molecule has 0 aromatic heterocycles. The van der Waals surface area contributed by atoms with E-state index in [-0.39, 0.29) is 19.4 Å². The molecule has 0 aliphatic carbocycles. The minimum absolute atomic E-state index is 0.0981. The van der Waals surface area contributed by atoms with Crippen molar-refractivity contribution in [3.05, 3.63) is 85.1 Å². The lowest BCUT2D eigenvalue weighted by molar-refractivity contribution is -0.305. The second-order valence-corrected chi connectivity index (χ2v) is 22.8. The first-order valence-electron chi connectivity index (χ1n) is 33.4. The van der Waals surface area contributed by atoms with Gasteiger partial charge in [0.1, 0.15) is 24.4 Å². The number of carbonyl (C=O) groups is 2. The molecule has 81 heavy (non-hydrogen) atoms. The number of aliphatic hydroxyl groups is 5. The summed E-state index contributed by atoms with van der Waals surface area (Å²) in [5, 5.41) is 57.1. The summed E-state index contributed by atoms with van der Waals surface area (Å²) in [6, 6.07) is -1.03. The average molecular weight is 1140 g/mol. The van der Waals surface area contributed by atoms with E-state index < -0.39 is 67.4 Å². The third kappa shape index (κ3) is 45.0. The molecule has 1 rings (SSSR count). The zero-order valence-corrected chi connectivity index (χ0v) is 51.9. The molecule has 0 aromatic rings. The molecule has 6 N–H and O–H groups in total. The molecular formula is C70H123NO10. The van der Waals surface area contributed by atoms with Gasteiger partial charge in [0.15, 0.2) is 12.4 Å². The zero-order valence-electron chi connectivity index (χ0n) is 51.9. The van der Waals surface area contributed by atoms with E-state index in [2.05, 4.69) is 99.0 Å². The van der Waals surface area contributed by atoms with Crippen LogP contribution < -0.4 is 5.32 Å². The van der Waals surface area contributed by atoms with Gasteiger partial charge in [-0.2, -0.15) is 0 Å². The van der Waals surface area contributed by atoms with Crippen molar-refractivity contribution in [3.63, 3.8) is 0 Å². The number of hydrogen-bond acceptors (Lipinski definition) is 10. The van der Waals surface area contributed by atoms with Crippen LogP contribution in [-0.2, 0) is 23.8 Å². The standard InChI is InChI=1S/C70H123NO10/c1-4-7-10-13-16-19-22-25-27-29-31-32-33-35-37-40-43-46-49-52-55-58-65(75)81-68-67(77)66(76)64(59-72)80-70(68)79-60-61(62(73)56-53-50-47-44-41-38-24-21-18-15-12-9-6-3)71-69(78)63(74)57-54-51-48-45-42-39-36-34-30-28-26-23-20-17-14-11-8-5-2/h7,10,16,19,25-28,31-32,35,37,53,56,61-64,66-68,70,72-74,76-77H,4-6,8-9,11-15,17-18,20-24,29-30,33-34,36,38-52,54-55,57-60H2,1-3H3,(H,71,78)/b10-7-,19-16-,27-25-,28-26+,32-31-,37-35-,56-53+. The number of rotatable bonds is 56. The number of nitrogens with one attached hydrogen (secondary N) is 1. The zero-order chi connectivity index (χ0) is 58.9. The Morgan fingerprint density at radius 1 is 0.494 bits per heavy atom. The van der Waals surface area contributed by atoms with Gasteiger partial charge in [0, 0.05) is 6.42 Å². The van der Waals surface area contributed by atoms with Crippen molar-refractivity contribution in [1.82, 2.24) is 5.32 Å². The maximum absolute atomic E-state index is 13.5. The number of amides is 1. The number of aliphatic hydroxyl groups excluding tert-OH is 5. The van der Waals surface area contributed by atoms with Gasteiger partial charge in [0.25, 0.3) is 0 Å². The van der Waals surface area contributed by atoms with Crippen LogP contribution in [0.5, 0.6) is 0 Å². The van der Waals surface area contributed by atoms with E-state index in [1.807, 2.05) is 6.08 Å². The first-order valence-corrected chi connectivity index (χ1v) is 33.4. The second-order valence-electron chi connectivity index (χ2n) is 22.8. The third-order valence-electron chi connectivity index (χ3n) is 15.3. The van der Waals surface area contributed by atoms with Crippen LogP contribution in [0, 0.1) is 0 Å². The summed E-state index contributed by atoms with van der Waals surface area (Å²) >= 11 is 0. The van der Waals surface area contributed by atoms with Crippen molar-refractivity contribution >= 4 is 11.9 Å². The largest absolute Gasteiger partial charge is 0.454 e. The topological polar surface area (TPSA) is 175 Å². The minimum Gasteiger partial charge on any atom is -0.454 e. The van der Waals surface area contributed by atoms with E-state index in [9.17, 15) is 35.1 Å². The Labute approximate surface area is 495 Å². The van der Waals surface area contributed by atoms with Crippen molar-refractivity contribution in [2.75, 3.05) is 13.2 Å². The number of hydrogen-bond donors (Lipinski definition) is 6. The van der Waals surface area contributed by atoms with Crippen molar-refractivity contribution < 1.29 is 49.3 Å². The molecule has 0 saturated carbocycles. The first-order chi connectivity index (χ1) is 39.7. The predicted molar refractivity (Wildman–Crippen MR) is 338 cm³/mol. The van der Waals surface area contributed by atoms with Gasteiger partial charge < -0.3 is 45.1 Å². The van der Waals surface area contributed by atoms with Gasteiger partial charge in [-0.1, -0.05) is 266 Å². The van der Waals surface area contributed by atoms with Crippen molar-refractivity contribution in [2.24, 2.45) is 0 Å². The number of esters is 1. The number of allylic oxidation sites excluding steroid dienone is 13. The third-order valence-corrected chi connectivity index (χ3v) is 15.3. The van der Waals surface area contributed by atoms with Gasteiger partial charge in [-0.3, -0.25) is 9.59 Å². The maximum Gasteiger partial charge on any atom is 0.306 e. The molecular weight excluding hydrogens is 1010 g/mol. The maximum atomic E-state index is 13.5. The first kappa shape index (κ1) is 75.9. The molecule has 11 nitrogen and oxygen atoms in total. The summed E-state index contributed by atoms with van der Waals surface area (Å²) in [4.78, 5) is 26.6. The highest BCUT2D eigenvalue weighted by Crippen LogP contribution is 2.26. The highest BCUT2D eigenvalue weighted by molar-refractivity contribution is 5.80. The van der Waals surface area contributed by atoms with E-state index in [4.69, 9.17) is 14.2 Å². The van der Waals surface area contributed by atoms with E-state index in [0.29, 0.717) is 12.8 Å². The van der Waals surface area contributed by atoms with E-state index in [0.717, 1.165) is 109 Å². The van der Waals surface area contributed by atoms with Gasteiger partial charge >= 0.3 is 5.97 Å². The van der Waals surface area contributed by atoms with Crippen LogP contribution in [0.3, 0.4) is 0 Å². The van der Waals surface area contributed by atoms with Crippen molar-refractivity contribution in [1.29, 1.82) is 0 Å². The summed E-state index contributed by atoms with van der Waals surface area (Å²) in [6.07, 6.45) is 64.7. The van der Waals surface area contributed by atoms with Crippen molar-refractivity contribution in [3.8, 4) is 0 Å². The molecule has 1 aliphatic rings. The summed E-state index contributed by atoms with van der Waals surface area (Å²) in [7, 11) is 0. The Hall–Kier alpha value is -3.16. The molecule has 0 bridgehead atoms. The van der Waals surface area contributed by atoms with Crippen LogP contribution in [0.4, 0.5) is 0 Å². The highest BCUT2D eigenvalue weighted by Gasteiger charge is 2.47. The van der Waals surface area contributed by atoms with Gasteiger partial charge in [-0.25, -0.2) is 0 Å². The van der Waals surface area contributed by atoms with Crippen LogP contribution >= 0.6 is 0 Å². The second kappa shape index (κ2) is 57.3. The van der Waals surface area contributed by atoms with Gasteiger partial charge in [0.05, 0.1) is 25.4 Å². The van der Waals surface area contributed by atoms with Crippen molar-refractivity contribution in [2.45, 2.75) is 333 Å². The Bertz CT molecular complexity index is 1640. The van der Waals surface area contributed by atoms with Crippen LogP contribution in [0.15, 0.2) is 85.1 Å². The lowest BCUT2D eigenvalue weighted by Crippen LogP contribution is -2.61. The average Bonchev–Trinajstić information content (AvgIpc) is 3.53. The molecule has 1 amide bonds. The molecule has 8 unspecified atom stereocenters. The predicted octanol–water partition coefficient (Wildman–Crippen LogP) is 16.5. The van der Waals surface area contributed by atoms with Crippen LogP contribution in [0.25, 0.3) is 0 Å². The highest BCUT2D eigenvalue weighted by atomic mass is 16.7. The fourth-order valence-electron chi connectivity index (χ4n) is 10.0. The van der Waals surface area contributed by atoms with E-state index in [1.165, 1.54) is 128 Å². The molecule has 0 spiro atoms. The number of ether oxygens (including phenoxy) is 3. The molecule has 1 saturated heterocycles. The summed E-state index contributed by atoms with van der Waals surface area (Å²) in [6.45, 7) is 5.68. The van der Waals surface area contributed by atoms with Gasteiger partial charge in [-0.15, -0.1) is 0 Å². The van der Waals surface area contributed by atoms with E-state index in [1.54, 1.807) is 6.08 Å². The number of unbranched alkanes of at least 4 members (excludes halogenated alkanes) is 30. The monoisotopic (exact) mass is 1140 g/mol. The molecule has 8 atom stereocenters. The number of carbonyl (C=O) groups excluding carboxylic acids is 2. The lowest BCUT2D eigenvalue weighted by atomic mass is 9.99. The van der Waals surface area contributed by atoms with Crippen LogP contribution in [0.1, 0.15) is 284 Å². The SMILES string of the molecule is CC/C=C\C/C=C\C/C=C\C/C=C\C/C=C\CCCCCCCC(=O)OC1C(OCC(NC(=O)C(O)CCCCCCCCCC/C=C/CCCCCCCC)C(O)/C=C/CCCCCCCCCCCCC)OC(CO)C(O)C1O. The molecule has 1 fully saturated rings. The van der Waals surface area contributed by atoms with Gasteiger partial charge in [-0.05, 0) is 96.3 Å². The Morgan fingerprint density at radius 2 is 0.889 bits per heavy atom. The fraction of sp³-hybridized carbons (Fsp3) is 0.771. The van der Waals surface area contributed by atoms with Crippen LogP contribution in [0.2, 0.25) is 0 Å². The Kier molecular flexibility index (Phi) is 53.6. The molecule has 1 aliphatic heterocycles. The lowest BCUT2D eigenvalue weighted by Gasteiger charge is -2.41. The fourth-order valence-corrected chi connectivity index (χ4v) is 10.0. The summed E-state index contributed by atoms with van der Waals surface area (Å²) in [5.41, 5.74) is 0. The minimum atomic E-state index is -1.63. The molecule has 468 valence electrons. The Morgan fingerprint density at radius 3 is 1.35 bits per heavy atom.